The normalized spacial score (nSPS) is 15.4. The molecule has 1 aliphatic carbocycles. The topological polar surface area (TPSA) is 58.2 Å². The van der Waals surface area contributed by atoms with Gasteiger partial charge in [0.25, 0.3) is 0 Å². The van der Waals surface area contributed by atoms with Gasteiger partial charge in [-0.3, -0.25) is 9.59 Å². The van der Waals surface area contributed by atoms with Crippen molar-refractivity contribution >= 4 is 17.5 Å². The molecule has 0 saturated heterocycles. The van der Waals surface area contributed by atoms with Gasteiger partial charge in [0.05, 0.1) is 0 Å². The summed E-state index contributed by atoms with van der Waals surface area (Å²) in [7, 11) is 0. The highest BCUT2D eigenvalue weighted by Gasteiger charge is 2.56. The minimum atomic E-state index is -0.896. The molecule has 1 aromatic rings. The molecule has 0 bridgehead atoms. The molecule has 2 rings (SSSR count). The lowest BCUT2D eigenvalue weighted by Gasteiger charge is -2.18. The number of carbonyl (C=O) groups excluding carboxylic acids is 2. The standard InChI is InChI=1S/C17H22N2O2/c1-4-11-18-15(20)17(9-10-17)16(21)19-14-8-6-5-7-13(14)12(2)3/h4-8,12H,1,9-11H2,2-3H3,(H,18,20)(H,19,21). The van der Waals surface area contributed by atoms with E-state index in [0.29, 0.717) is 25.3 Å². The van der Waals surface area contributed by atoms with Gasteiger partial charge < -0.3 is 10.6 Å². The fourth-order valence-electron chi connectivity index (χ4n) is 2.37. The lowest BCUT2D eigenvalue weighted by molar-refractivity contribution is -0.134. The highest BCUT2D eigenvalue weighted by atomic mass is 16.2. The van der Waals surface area contributed by atoms with Crippen LogP contribution >= 0.6 is 0 Å². The summed E-state index contributed by atoms with van der Waals surface area (Å²) in [4.78, 5) is 24.6. The Morgan fingerprint density at radius 2 is 1.95 bits per heavy atom. The maximum absolute atomic E-state index is 12.5. The van der Waals surface area contributed by atoms with Crippen LogP contribution in [0.2, 0.25) is 0 Å². The first kappa shape index (κ1) is 15.3. The Bertz CT molecular complexity index is 560. The van der Waals surface area contributed by atoms with Crippen molar-refractivity contribution in [1.29, 1.82) is 0 Å². The number of hydrogen-bond acceptors (Lipinski definition) is 2. The summed E-state index contributed by atoms with van der Waals surface area (Å²) < 4.78 is 0. The highest BCUT2D eigenvalue weighted by molar-refractivity contribution is 6.13. The van der Waals surface area contributed by atoms with E-state index in [0.717, 1.165) is 11.3 Å². The Labute approximate surface area is 125 Å². The Kier molecular flexibility index (Phi) is 4.46. The summed E-state index contributed by atoms with van der Waals surface area (Å²) >= 11 is 0. The monoisotopic (exact) mass is 286 g/mol. The Hall–Kier alpha value is -2.10. The third-order valence-corrected chi connectivity index (χ3v) is 3.86. The van der Waals surface area contributed by atoms with E-state index in [1.54, 1.807) is 6.08 Å². The van der Waals surface area contributed by atoms with Gasteiger partial charge in [-0.1, -0.05) is 38.1 Å². The number of anilines is 1. The largest absolute Gasteiger partial charge is 0.352 e. The number of carbonyl (C=O) groups is 2. The Morgan fingerprint density at radius 3 is 2.52 bits per heavy atom. The van der Waals surface area contributed by atoms with Crippen LogP contribution in [0, 0.1) is 5.41 Å². The maximum atomic E-state index is 12.5. The van der Waals surface area contributed by atoms with Crippen LogP contribution in [0.4, 0.5) is 5.69 Å². The molecular weight excluding hydrogens is 264 g/mol. The zero-order valence-corrected chi connectivity index (χ0v) is 12.6. The third kappa shape index (κ3) is 3.15. The molecule has 1 aromatic carbocycles. The molecule has 4 heteroatoms. The van der Waals surface area contributed by atoms with Crippen LogP contribution < -0.4 is 10.6 Å². The van der Waals surface area contributed by atoms with E-state index >= 15 is 0 Å². The number of benzene rings is 1. The predicted octanol–water partition coefficient (Wildman–Crippen LogP) is 2.83. The highest BCUT2D eigenvalue weighted by Crippen LogP contribution is 2.47. The fraction of sp³-hybridized carbons (Fsp3) is 0.412. The van der Waals surface area contributed by atoms with Gasteiger partial charge in [0.1, 0.15) is 5.41 Å². The summed E-state index contributed by atoms with van der Waals surface area (Å²) in [5, 5.41) is 5.65. The van der Waals surface area contributed by atoms with Crippen molar-refractivity contribution < 1.29 is 9.59 Å². The Balaban J connectivity index is 2.12. The van der Waals surface area contributed by atoms with Gasteiger partial charge in [-0.15, -0.1) is 6.58 Å². The molecule has 0 unspecified atom stereocenters. The minimum Gasteiger partial charge on any atom is -0.352 e. The van der Waals surface area contributed by atoms with Gasteiger partial charge in [0.2, 0.25) is 11.8 Å². The van der Waals surface area contributed by atoms with Crippen LogP contribution in [0.3, 0.4) is 0 Å². The van der Waals surface area contributed by atoms with Crippen LogP contribution in [0.15, 0.2) is 36.9 Å². The first-order valence-corrected chi connectivity index (χ1v) is 7.31. The molecule has 4 nitrogen and oxygen atoms in total. The quantitative estimate of drug-likeness (QED) is 0.624. The molecule has 0 radical (unpaired) electrons. The number of nitrogens with one attached hydrogen (secondary N) is 2. The number of hydrogen-bond donors (Lipinski definition) is 2. The molecule has 1 aliphatic rings. The van der Waals surface area contributed by atoms with Crippen LogP contribution in [0.5, 0.6) is 0 Å². The van der Waals surface area contributed by atoms with Gasteiger partial charge in [0.15, 0.2) is 0 Å². The van der Waals surface area contributed by atoms with Crippen LogP contribution in [-0.4, -0.2) is 18.4 Å². The molecule has 21 heavy (non-hydrogen) atoms. The van der Waals surface area contributed by atoms with Crippen LogP contribution in [-0.2, 0) is 9.59 Å². The molecule has 0 spiro atoms. The second-order valence-corrected chi connectivity index (χ2v) is 5.78. The third-order valence-electron chi connectivity index (χ3n) is 3.86. The van der Waals surface area contributed by atoms with E-state index in [9.17, 15) is 9.59 Å². The van der Waals surface area contributed by atoms with Crippen molar-refractivity contribution in [3.8, 4) is 0 Å². The van der Waals surface area contributed by atoms with E-state index in [-0.39, 0.29) is 11.8 Å². The number of rotatable bonds is 6. The number of amides is 2. The lowest BCUT2D eigenvalue weighted by Crippen LogP contribution is -2.40. The molecule has 112 valence electrons. The van der Waals surface area contributed by atoms with Gasteiger partial charge in [-0.2, -0.15) is 0 Å². The van der Waals surface area contributed by atoms with E-state index < -0.39 is 5.41 Å². The molecule has 0 aromatic heterocycles. The van der Waals surface area contributed by atoms with Gasteiger partial charge in [-0.05, 0) is 30.4 Å². The average Bonchev–Trinajstić information content (AvgIpc) is 3.26. The zero-order chi connectivity index (χ0) is 15.5. The fourth-order valence-corrected chi connectivity index (χ4v) is 2.37. The molecule has 0 atom stereocenters. The van der Waals surface area contributed by atoms with E-state index in [2.05, 4.69) is 31.1 Å². The summed E-state index contributed by atoms with van der Waals surface area (Å²) in [6, 6.07) is 7.72. The first-order valence-electron chi connectivity index (χ1n) is 7.31. The first-order chi connectivity index (χ1) is 10.0. The summed E-state index contributed by atoms with van der Waals surface area (Å²) in [5.41, 5.74) is 0.973. The van der Waals surface area contributed by atoms with Crippen LogP contribution in [0.1, 0.15) is 38.2 Å². The second kappa shape index (κ2) is 6.12. The molecular formula is C17H22N2O2. The van der Waals surface area contributed by atoms with Crippen molar-refractivity contribution in [1.82, 2.24) is 5.32 Å². The summed E-state index contributed by atoms with van der Waals surface area (Å²) in [6.07, 6.45) is 2.82. The smallest absolute Gasteiger partial charge is 0.240 e. The van der Waals surface area contributed by atoms with Crippen molar-refractivity contribution in [2.45, 2.75) is 32.6 Å². The molecule has 2 N–H and O–H groups in total. The molecule has 1 saturated carbocycles. The van der Waals surface area contributed by atoms with Crippen molar-refractivity contribution in [2.75, 3.05) is 11.9 Å². The average molecular weight is 286 g/mol. The predicted molar refractivity (Wildman–Crippen MR) is 84.0 cm³/mol. The van der Waals surface area contributed by atoms with E-state index in [4.69, 9.17) is 0 Å². The van der Waals surface area contributed by atoms with Crippen molar-refractivity contribution in [3.63, 3.8) is 0 Å². The van der Waals surface area contributed by atoms with Gasteiger partial charge in [0, 0.05) is 12.2 Å². The van der Waals surface area contributed by atoms with E-state index in [1.807, 2.05) is 24.3 Å². The van der Waals surface area contributed by atoms with Gasteiger partial charge in [-0.25, -0.2) is 0 Å². The van der Waals surface area contributed by atoms with E-state index in [1.165, 1.54) is 0 Å². The van der Waals surface area contributed by atoms with Crippen molar-refractivity contribution in [2.24, 2.45) is 5.41 Å². The SMILES string of the molecule is C=CCNC(=O)C1(C(=O)Nc2ccccc2C(C)C)CC1. The molecule has 1 fully saturated rings. The lowest BCUT2D eigenvalue weighted by atomic mass is 9.99. The van der Waals surface area contributed by atoms with Gasteiger partial charge >= 0.3 is 0 Å². The Morgan fingerprint density at radius 1 is 1.29 bits per heavy atom. The number of para-hydroxylation sites is 1. The maximum Gasteiger partial charge on any atom is 0.240 e. The molecule has 0 aliphatic heterocycles. The summed E-state index contributed by atoms with van der Waals surface area (Å²) in [6.45, 7) is 8.10. The van der Waals surface area contributed by atoms with Crippen molar-refractivity contribution in [3.05, 3.63) is 42.5 Å². The molecule has 2 amide bonds. The minimum absolute atomic E-state index is 0.207. The zero-order valence-electron chi connectivity index (χ0n) is 12.6. The summed E-state index contributed by atoms with van der Waals surface area (Å²) in [5.74, 6) is -0.106. The molecule has 0 heterocycles. The second-order valence-electron chi connectivity index (χ2n) is 5.78. The van der Waals surface area contributed by atoms with Crippen LogP contribution in [0.25, 0.3) is 0 Å².